The van der Waals surface area contributed by atoms with Crippen molar-refractivity contribution >= 4 is 27.5 Å². The Morgan fingerprint density at radius 2 is 1.69 bits per heavy atom. The summed E-state index contributed by atoms with van der Waals surface area (Å²) < 4.78 is 2.04. The van der Waals surface area contributed by atoms with E-state index in [1.807, 2.05) is 48.0 Å². The number of hydrogen-bond acceptors (Lipinski definition) is 2. The highest BCUT2D eigenvalue weighted by molar-refractivity contribution is 5.90. The minimum atomic E-state index is -0.334. The highest BCUT2D eigenvalue weighted by atomic mass is 16.6. The summed E-state index contributed by atoms with van der Waals surface area (Å²) in [7, 11) is 1.98. The number of hydrogen-bond donors (Lipinski definition) is 1. The van der Waals surface area contributed by atoms with Crippen LogP contribution in [0.5, 0.6) is 0 Å². The number of fused-ring (bicyclic) bond motifs is 2. The lowest BCUT2D eigenvalue weighted by Gasteiger charge is -2.17. The van der Waals surface area contributed by atoms with Crippen LogP contribution in [0.25, 0.3) is 21.8 Å². The van der Waals surface area contributed by atoms with Crippen molar-refractivity contribution in [3.05, 3.63) is 112 Å². The third-order valence-electron chi connectivity index (χ3n) is 5.59. The minimum Gasteiger partial charge on any atom is -0.361 e. The number of nitro benzene ring substituents is 1. The van der Waals surface area contributed by atoms with Crippen molar-refractivity contribution in [2.24, 2.45) is 7.05 Å². The summed E-state index contributed by atoms with van der Waals surface area (Å²) in [5, 5.41) is 13.5. The van der Waals surface area contributed by atoms with Gasteiger partial charge >= 0.3 is 0 Å². The number of nitrogens with zero attached hydrogens (tertiary/aromatic N) is 2. The third kappa shape index (κ3) is 2.79. The Morgan fingerprint density at radius 3 is 2.48 bits per heavy atom. The van der Waals surface area contributed by atoms with E-state index in [2.05, 4.69) is 41.6 Å². The van der Waals surface area contributed by atoms with Gasteiger partial charge in [0.1, 0.15) is 0 Å². The normalized spacial score (nSPS) is 12.4. The molecular weight excluding hydrogens is 362 g/mol. The highest BCUT2D eigenvalue weighted by Crippen LogP contribution is 2.40. The first-order valence-electron chi connectivity index (χ1n) is 9.48. The molecule has 0 bridgehead atoms. The summed E-state index contributed by atoms with van der Waals surface area (Å²) in [5.74, 6) is -0.0435. The monoisotopic (exact) mass is 381 g/mol. The summed E-state index contributed by atoms with van der Waals surface area (Å²) in [6.45, 7) is 0. The second-order valence-electron chi connectivity index (χ2n) is 7.29. The quantitative estimate of drug-likeness (QED) is 0.318. The van der Waals surface area contributed by atoms with Crippen LogP contribution in [0.15, 0.2) is 85.2 Å². The predicted octanol–water partition coefficient (Wildman–Crippen LogP) is 5.75. The molecule has 2 aromatic heterocycles. The van der Waals surface area contributed by atoms with Gasteiger partial charge in [0.2, 0.25) is 0 Å². The molecule has 0 saturated heterocycles. The maximum absolute atomic E-state index is 11.4. The third-order valence-corrected chi connectivity index (χ3v) is 5.59. The molecule has 29 heavy (non-hydrogen) atoms. The minimum absolute atomic E-state index is 0.0435. The Hall–Kier alpha value is -3.86. The van der Waals surface area contributed by atoms with Gasteiger partial charge in [-0.05, 0) is 28.8 Å². The molecule has 5 rings (SSSR count). The van der Waals surface area contributed by atoms with Crippen molar-refractivity contribution in [2.45, 2.75) is 5.92 Å². The Labute approximate surface area is 167 Å². The number of aryl methyl sites for hydroxylation is 1. The molecule has 0 aliphatic carbocycles. The van der Waals surface area contributed by atoms with Crippen LogP contribution in [0, 0.1) is 10.1 Å². The largest absolute Gasteiger partial charge is 0.361 e. The number of non-ortho nitro benzene ring substituents is 1. The first-order chi connectivity index (χ1) is 14.1. The van der Waals surface area contributed by atoms with Gasteiger partial charge in [-0.3, -0.25) is 10.1 Å². The van der Waals surface area contributed by atoms with Gasteiger partial charge in [0, 0.05) is 59.3 Å². The number of H-pyrrole nitrogens is 1. The molecule has 0 amide bonds. The topological polar surface area (TPSA) is 63.9 Å². The fourth-order valence-electron chi connectivity index (χ4n) is 4.26. The molecule has 0 spiro atoms. The molecule has 5 aromatic rings. The molecular formula is C24H19N3O2. The van der Waals surface area contributed by atoms with E-state index < -0.39 is 0 Å². The van der Waals surface area contributed by atoms with Gasteiger partial charge in [-0.15, -0.1) is 0 Å². The van der Waals surface area contributed by atoms with Crippen molar-refractivity contribution in [3.8, 4) is 0 Å². The van der Waals surface area contributed by atoms with Crippen molar-refractivity contribution in [1.82, 2.24) is 9.55 Å². The van der Waals surface area contributed by atoms with Crippen molar-refractivity contribution in [2.75, 3.05) is 0 Å². The van der Waals surface area contributed by atoms with Crippen LogP contribution < -0.4 is 0 Å². The molecule has 5 nitrogen and oxygen atoms in total. The molecule has 0 aliphatic heterocycles. The van der Waals surface area contributed by atoms with Crippen LogP contribution >= 0.6 is 0 Å². The molecule has 3 aromatic carbocycles. The van der Waals surface area contributed by atoms with Gasteiger partial charge in [-0.2, -0.15) is 0 Å². The van der Waals surface area contributed by atoms with Crippen LogP contribution in [0.1, 0.15) is 22.6 Å². The number of nitro groups is 1. The Balaban J connectivity index is 1.83. The first kappa shape index (κ1) is 17.3. The molecule has 1 N–H and O–H groups in total. The molecule has 142 valence electrons. The molecule has 5 heteroatoms. The zero-order valence-electron chi connectivity index (χ0n) is 15.9. The summed E-state index contributed by atoms with van der Waals surface area (Å²) in [6.07, 6.45) is 4.15. The maximum atomic E-state index is 11.4. The van der Waals surface area contributed by atoms with Gasteiger partial charge in [0.15, 0.2) is 0 Å². The van der Waals surface area contributed by atoms with Gasteiger partial charge in [-0.1, -0.05) is 48.5 Å². The van der Waals surface area contributed by atoms with Crippen molar-refractivity contribution < 1.29 is 4.92 Å². The molecule has 0 saturated carbocycles. The molecule has 0 aliphatic rings. The smallest absolute Gasteiger partial charge is 0.270 e. The summed E-state index contributed by atoms with van der Waals surface area (Å²) >= 11 is 0. The zero-order valence-corrected chi connectivity index (χ0v) is 15.9. The highest BCUT2D eigenvalue weighted by Gasteiger charge is 2.24. The van der Waals surface area contributed by atoms with E-state index in [1.165, 1.54) is 0 Å². The maximum Gasteiger partial charge on any atom is 0.270 e. The number of nitrogens with one attached hydrogen (secondary N) is 1. The van der Waals surface area contributed by atoms with Gasteiger partial charge in [0.05, 0.1) is 4.92 Å². The lowest BCUT2D eigenvalue weighted by atomic mass is 9.85. The Kier molecular flexibility index (Phi) is 3.95. The van der Waals surface area contributed by atoms with E-state index >= 15 is 0 Å². The number of aromatic amines is 1. The lowest BCUT2D eigenvalue weighted by molar-refractivity contribution is -0.384. The second-order valence-corrected chi connectivity index (χ2v) is 7.29. The summed E-state index contributed by atoms with van der Waals surface area (Å²) in [6, 6.07) is 23.6. The number of para-hydroxylation sites is 1. The van der Waals surface area contributed by atoms with Gasteiger partial charge < -0.3 is 9.55 Å². The fraction of sp³-hybridized carbons (Fsp3) is 0.0833. The van der Waals surface area contributed by atoms with E-state index in [0.717, 1.165) is 38.5 Å². The van der Waals surface area contributed by atoms with E-state index in [9.17, 15) is 10.1 Å². The average molecular weight is 381 g/mol. The summed E-state index contributed by atoms with van der Waals surface area (Å²) in [4.78, 5) is 14.4. The number of aromatic nitrogens is 2. The lowest BCUT2D eigenvalue weighted by Crippen LogP contribution is -2.02. The van der Waals surface area contributed by atoms with Gasteiger partial charge in [0.25, 0.3) is 5.69 Å². The van der Waals surface area contributed by atoms with Crippen LogP contribution in [0.2, 0.25) is 0 Å². The Bertz CT molecular complexity index is 1350. The molecule has 0 fully saturated rings. The molecule has 1 atom stereocenters. The van der Waals surface area contributed by atoms with E-state index in [0.29, 0.717) is 0 Å². The van der Waals surface area contributed by atoms with Crippen molar-refractivity contribution in [1.29, 1.82) is 0 Å². The van der Waals surface area contributed by atoms with Gasteiger partial charge in [-0.25, -0.2) is 0 Å². The zero-order chi connectivity index (χ0) is 20.0. The number of rotatable bonds is 4. The fourth-order valence-corrected chi connectivity index (χ4v) is 4.26. The average Bonchev–Trinajstić information content (AvgIpc) is 3.31. The first-order valence-corrected chi connectivity index (χ1v) is 9.48. The van der Waals surface area contributed by atoms with E-state index in [-0.39, 0.29) is 16.5 Å². The predicted molar refractivity (Wildman–Crippen MR) is 115 cm³/mol. The summed E-state index contributed by atoms with van der Waals surface area (Å²) in [5.41, 5.74) is 5.53. The second kappa shape index (κ2) is 6.63. The van der Waals surface area contributed by atoms with Crippen LogP contribution in [0.3, 0.4) is 0 Å². The van der Waals surface area contributed by atoms with E-state index in [1.54, 1.807) is 12.1 Å². The van der Waals surface area contributed by atoms with Crippen LogP contribution in [-0.4, -0.2) is 14.5 Å². The van der Waals surface area contributed by atoms with Crippen molar-refractivity contribution in [3.63, 3.8) is 0 Å². The van der Waals surface area contributed by atoms with Crippen LogP contribution in [0.4, 0.5) is 5.69 Å². The standard InChI is InChI=1S/C24H19N3O2/c1-26-15-21(19-13-17(27(28)29)11-12-23(19)26)24(16-7-3-2-4-8-16)20-14-25-22-10-6-5-9-18(20)22/h2-15,24-25H,1H3. The van der Waals surface area contributed by atoms with Crippen LogP contribution in [-0.2, 0) is 7.05 Å². The molecule has 1 unspecified atom stereocenters. The van der Waals surface area contributed by atoms with E-state index in [4.69, 9.17) is 0 Å². The Morgan fingerprint density at radius 1 is 0.931 bits per heavy atom. The SMILES string of the molecule is Cn1cc(C(c2ccccc2)c2c[nH]c3ccccc23)c2cc([N+](=O)[O-])ccc21. The molecule has 0 radical (unpaired) electrons. The molecule has 2 heterocycles. The number of benzene rings is 3.